The van der Waals surface area contributed by atoms with Gasteiger partial charge in [0.15, 0.2) is 6.61 Å². The quantitative estimate of drug-likeness (QED) is 0.418. The molecule has 1 aliphatic rings. The molecule has 1 fully saturated rings. The van der Waals surface area contributed by atoms with Crippen molar-refractivity contribution in [3.05, 3.63) is 39.4 Å². The standard InChI is InChI=1S/C22H30N2O6/c1-20(2,3)16-9-8-14(10-17(16)24(28)29)19(27)30-13-18(26)23-21(4,5)11-15(25)12-22(23,6)7/h8-10H,11-13H2,1-7H3. The number of ketones is 1. The maximum atomic E-state index is 12.9. The first kappa shape index (κ1) is 23.5. The third-order valence-corrected chi connectivity index (χ3v) is 5.28. The maximum Gasteiger partial charge on any atom is 0.338 e. The second kappa shape index (κ2) is 7.81. The van der Waals surface area contributed by atoms with E-state index in [0.29, 0.717) is 5.56 Å². The number of rotatable bonds is 4. The smallest absolute Gasteiger partial charge is 0.338 e. The second-order valence-corrected chi connectivity index (χ2v) is 10.1. The van der Waals surface area contributed by atoms with Crippen molar-refractivity contribution in [2.75, 3.05) is 6.61 Å². The van der Waals surface area contributed by atoms with E-state index in [9.17, 15) is 24.5 Å². The van der Waals surface area contributed by atoms with Crippen molar-refractivity contribution in [3.63, 3.8) is 0 Å². The number of hydrogen-bond acceptors (Lipinski definition) is 6. The summed E-state index contributed by atoms with van der Waals surface area (Å²) in [5, 5.41) is 11.5. The molecule has 1 saturated heterocycles. The van der Waals surface area contributed by atoms with Gasteiger partial charge in [0.25, 0.3) is 11.6 Å². The van der Waals surface area contributed by atoms with E-state index in [-0.39, 0.29) is 29.9 Å². The molecule has 0 radical (unpaired) electrons. The van der Waals surface area contributed by atoms with E-state index in [2.05, 4.69) is 0 Å². The number of piperidine rings is 1. The zero-order valence-electron chi connectivity index (χ0n) is 18.7. The summed E-state index contributed by atoms with van der Waals surface area (Å²) in [6.45, 7) is 12.3. The Morgan fingerprint density at radius 3 is 2.13 bits per heavy atom. The van der Waals surface area contributed by atoms with E-state index in [0.717, 1.165) is 0 Å². The highest BCUT2D eigenvalue weighted by molar-refractivity contribution is 5.93. The highest BCUT2D eigenvalue weighted by Crippen LogP contribution is 2.37. The van der Waals surface area contributed by atoms with Gasteiger partial charge in [-0.1, -0.05) is 26.8 Å². The van der Waals surface area contributed by atoms with E-state index < -0.39 is 39.9 Å². The lowest BCUT2D eigenvalue weighted by molar-refractivity contribution is -0.386. The first-order valence-corrected chi connectivity index (χ1v) is 9.87. The molecule has 2 rings (SSSR count). The summed E-state index contributed by atoms with van der Waals surface area (Å²) in [5.74, 6) is -1.14. The Labute approximate surface area is 176 Å². The minimum Gasteiger partial charge on any atom is -0.452 e. The first-order chi connectivity index (χ1) is 13.6. The monoisotopic (exact) mass is 418 g/mol. The van der Waals surface area contributed by atoms with Crippen LogP contribution in [0.4, 0.5) is 5.69 Å². The number of amides is 1. The number of benzene rings is 1. The summed E-state index contributed by atoms with van der Waals surface area (Å²) < 4.78 is 5.18. The molecule has 1 heterocycles. The fraction of sp³-hybridized carbons (Fsp3) is 0.591. The topological polar surface area (TPSA) is 107 Å². The predicted molar refractivity (Wildman–Crippen MR) is 111 cm³/mol. The van der Waals surface area contributed by atoms with Crippen LogP contribution >= 0.6 is 0 Å². The average Bonchev–Trinajstić information content (AvgIpc) is 2.55. The van der Waals surface area contributed by atoms with Gasteiger partial charge in [-0.15, -0.1) is 0 Å². The summed E-state index contributed by atoms with van der Waals surface area (Å²) in [4.78, 5) is 49.9. The molecule has 0 spiro atoms. The van der Waals surface area contributed by atoms with Gasteiger partial charge < -0.3 is 9.64 Å². The molecular formula is C22H30N2O6. The van der Waals surface area contributed by atoms with Crippen molar-refractivity contribution < 1.29 is 24.0 Å². The minimum absolute atomic E-state index is 0.00911. The molecule has 1 aliphatic heterocycles. The Kier molecular flexibility index (Phi) is 6.12. The summed E-state index contributed by atoms with van der Waals surface area (Å²) in [6, 6.07) is 4.19. The van der Waals surface area contributed by atoms with Crippen LogP contribution in [0.25, 0.3) is 0 Å². The fourth-order valence-electron chi connectivity index (χ4n) is 4.40. The highest BCUT2D eigenvalue weighted by atomic mass is 16.6. The number of carbonyl (C=O) groups is 3. The lowest BCUT2D eigenvalue weighted by Crippen LogP contribution is -2.63. The molecule has 8 nitrogen and oxygen atoms in total. The van der Waals surface area contributed by atoms with Crippen LogP contribution in [0.1, 0.15) is 77.2 Å². The third kappa shape index (κ3) is 4.86. The molecule has 0 saturated carbocycles. The number of nitro groups is 1. The number of hydrogen-bond donors (Lipinski definition) is 0. The number of nitrogens with zero attached hydrogens (tertiary/aromatic N) is 2. The average molecular weight is 418 g/mol. The Morgan fingerprint density at radius 1 is 1.13 bits per heavy atom. The molecule has 164 valence electrons. The van der Waals surface area contributed by atoms with Crippen molar-refractivity contribution in [1.82, 2.24) is 4.90 Å². The Morgan fingerprint density at radius 2 is 1.67 bits per heavy atom. The molecule has 0 aromatic heterocycles. The lowest BCUT2D eigenvalue weighted by Gasteiger charge is -2.51. The molecule has 8 heteroatoms. The molecule has 0 aliphatic carbocycles. The van der Waals surface area contributed by atoms with Crippen LogP contribution in [0, 0.1) is 10.1 Å². The molecule has 1 amide bonds. The van der Waals surface area contributed by atoms with Crippen molar-refractivity contribution in [3.8, 4) is 0 Å². The highest BCUT2D eigenvalue weighted by Gasteiger charge is 2.47. The Balaban J connectivity index is 2.19. The number of nitro benzene ring substituents is 1. The Bertz CT molecular complexity index is 875. The number of carbonyl (C=O) groups excluding carboxylic acids is 3. The normalized spacial score (nSPS) is 18.1. The van der Waals surface area contributed by atoms with Crippen molar-refractivity contribution >= 4 is 23.3 Å². The number of esters is 1. The largest absolute Gasteiger partial charge is 0.452 e. The summed E-state index contributed by atoms with van der Waals surface area (Å²) in [6.07, 6.45) is 0.465. The number of Topliss-reactive ketones (excluding diaryl/α,β-unsaturated/α-hetero) is 1. The molecule has 30 heavy (non-hydrogen) atoms. The molecule has 1 aromatic rings. The zero-order chi connectivity index (χ0) is 23.1. The maximum absolute atomic E-state index is 12.9. The van der Waals surface area contributed by atoms with E-state index in [1.807, 2.05) is 20.8 Å². The van der Waals surface area contributed by atoms with Crippen LogP contribution in [0.2, 0.25) is 0 Å². The van der Waals surface area contributed by atoms with Crippen LogP contribution in [0.15, 0.2) is 18.2 Å². The number of likely N-dealkylation sites (tertiary alicyclic amines) is 1. The van der Waals surface area contributed by atoms with Crippen LogP contribution in [-0.4, -0.2) is 45.2 Å². The SMILES string of the molecule is CC(C)(C)c1ccc(C(=O)OCC(=O)N2C(C)(C)CC(=O)CC2(C)C)cc1[N+](=O)[O-]. The van der Waals surface area contributed by atoms with Crippen molar-refractivity contribution in [1.29, 1.82) is 0 Å². The summed E-state index contributed by atoms with van der Waals surface area (Å²) in [5.41, 5.74) is -1.52. The molecule has 0 N–H and O–H groups in total. The zero-order valence-corrected chi connectivity index (χ0v) is 18.7. The van der Waals surface area contributed by atoms with E-state index >= 15 is 0 Å². The Hall–Kier alpha value is -2.77. The summed E-state index contributed by atoms with van der Waals surface area (Å²) in [7, 11) is 0. The van der Waals surface area contributed by atoms with Crippen LogP contribution in [-0.2, 0) is 19.7 Å². The van der Waals surface area contributed by atoms with Crippen molar-refractivity contribution in [2.45, 2.75) is 77.8 Å². The van der Waals surface area contributed by atoms with Gasteiger partial charge in [0, 0.05) is 35.5 Å². The predicted octanol–water partition coefficient (Wildman–Crippen LogP) is 3.80. The minimum atomic E-state index is -0.810. The van der Waals surface area contributed by atoms with E-state index in [4.69, 9.17) is 4.74 Å². The second-order valence-electron chi connectivity index (χ2n) is 10.1. The number of ether oxygens (including phenoxy) is 1. The van der Waals surface area contributed by atoms with Gasteiger partial charge in [0.1, 0.15) is 5.78 Å². The van der Waals surface area contributed by atoms with Crippen molar-refractivity contribution in [2.24, 2.45) is 0 Å². The molecule has 0 unspecified atom stereocenters. The molecule has 0 atom stereocenters. The van der Waals surface area contributed by atoms with Crippen LogP contribution in [0.3, 0.4) is 0 Å². The molecule has 1 aromatic carbocycles. The van der Waals surface area contributed by atoms with Gasteiger partial charge >= 0.3 is 5.97 Å². The van der Waals surface area contributed by atoms with Crippen LogP contribution < -0.4 is 0 Å². The van der Waals surface area contributed by atoms with Gasteiger partial charge in [0.2, 0.25) is 0 Å². The van der Waals surface area contributed by atoms with Gasteiger partial charge in [-0.2, -0.15) is 0 Å². The van der Waals surface area contributed by atoms with E-state index in [1.54, 1.807) is 38.7 Å². The van der Waals surface area contributed by atoms with Gasteiger partial charge in [-0.3, -0.25) is 19.7 Å². The lowest BCUT2D eigenvalue weighted by atomic mass is 9.79. The summed E-state index contributed by atoms with van der Waals surface area (Å²) >= 11 is 0. The molecular weight excluding hydrogens is 388 g/mol. The van der Waals surface area contributed by atoms with Gasteiger partial charge in [-0.25, -0.2) is 4.79 Å². The van der Waals surface area contributed by atoms with Crippen LogP contribution in [0.5, 0.6) is 0 Å². The third-order valence-electron chi connectivity index (χ3n) is 5.28. The van der Waals surface area contributed by atoms with Gasteiger partial charge in [0.05, 0.1) is 10.5 Å². The van der Waals surface area contributed by atoms with E-state index in [1.165, 1.54) is 12.1 Å². The molecule has 0 bridgehead atoms. The fourth-order valence-corrected chi connectivity index (χ4v) is 4.40. The van der Waals surface area contributed by atoms with Gasteiger partial charge in [-0.05, 0) is 39.2 Å². The first-order valence-electron chi connectivity index (χ1n) is 9.87.